The molecule has 0 aromatic rings. The smallest absolute Gasteiger partial charge is 0.333 e. The zero-order valence-corrected chi connectivity index (χ0v) is 44.6. The number of carbonyl (C=O) groups excluding carboxylic acids is 2. The Bertz CT molecular complexity index is 1910. The molecule has 0 radical (unpaired) electrons. The molecular formula is C54H86O17. The Labute approximate surface area is 421 Å². The zero-order chi connectivity index (χ0) is 51.3. The summed E-state index contributed by atoms with van der Waals surface area (Å²) in [4.78, 5) is 26.5. The highest BCUT2D eigenvalue weighted by Gasteiger charge is 2.71. The number of hydrogen-bond donors (Lipinski definition) is 2. The largest absolute Gasteiger partial charge is 0.458 e. The van der Waals surface area contributed by atoms with Gasteiger partial charge < -0.3 is 71.8 Å². The summed E-state index contributed by atoms with van der Waals surface area (Å²) in [6, 6.07) is 0. The Balaban J connectivity index is 0.855. The summed E-state index contributed by atoms with van der Waals surface area (Å²) in [7, 11) is 6.56. The van der Waals surface area contributed by atoms with Gasteiger partial charge >= 0.3 is 5.97 Å². The summed E-state index contributed by atoms with van der Waals surface area (Å²) in [6.07, 6.45) is 2.27. The third-order valence-electron chi connectivity index (χ3n) is 18.8. The van der Waals surface area contributed by atoms with Crippen LogP contribution in [-0.4, -0.2) is 167 Å². The molecule has 20 unspecified atom stereocenters. The van der Waals surface area contributed by atoms with Crippen molar-refractivity contribution in [3.05, 3.63) is 23.3 Å². The molecule has 71 heavy (non-hydrogen) atoms. The highest BCUT2D eigenvalue weighted by molar-refractivity contribution is 5.88. The summed E-state index contributed by atoms with van der Waals surface area (Å²) >= 11 is 0. The third-order valence-corrected chi connectivity index (χ3v) is 18.8. The number of aliphatic hydroxyl groups excluding tert-OH is 1. The van der Waals surface area contributed by atoms with Crippen LogP contribution in [0.3, 0.4) is 0 Å². The molecule has 404 valence electrons. The molecule has 17 nitrogen and oxygen atoms in total. The van der Waals surface area contributed by atoms with Crippen molar-refractivity contribution in [1.82, 2.24) is 0 Å². The van der Waals surface area contributed by atoms with Crippen molar-refractivity contribution in [2.45, 2.75) is 249 Å². The monoisotopic (exact) mass is 1010 g/mol. The SMILES string of the molecule is C/C=C(\C)C(=O)O[C@@H]1CC2C(CC=C3C[C@@H](OC4CC(OC)C(OC5CC(OC)C(OC6CC(OC)C(OC7CC(OC)C(O)C(C)O7)C(C)O6)C(C)O5)C(C)O4)CC[C@@]32C)C2(O)CC[C@H](C(C)=O)C12C. The van der Waals surface area contributed by atoms with Crippen molar-refractivity contribution in [3.63, 3.8) is 0 Å². The van der Waals surface area contributed by atoms with Crippen molar-refractivity contribution < 1.29 is 81.4 Å². The number of hydrogen-bond acceptors (Lipinski definition) is 17. The van der Waals surface area contributed by atoms with Gasteiger partial charge in [-0.1, -0.05) is 31.6 Å². The Morgan fingerprint density at radius 1 is 0.662 bits per heavy atom. The molecule has 4 aliphatic carbocycles. The number of methoxy groups -OCH3 is 4. The van der Waals surface area contributed by atoms with Crippen molar-refractivity contribution in [2.75, 3.05) is 28.4 Å². The van der Waals surface area contributed by atoms with E-state index in [0.29, 0.717) is 56.9 Å². The van der Waals surface area contributed by atoms with E-state index in [4.69, 9.17) is 61.6 Å². The molecule has 2 N–H and O–H groups in total. The Morgan fingerprint density at radius 2 is 1.14 bits per heavy atom. The first-order chi connectivity index (χ1) is 33.7. The van der Waals surface area contributed by atoms with Gasteiger partial charge in [-0.25, -0.2) is 4.79 Å². The lowest BCUT2D eigenvalue weighted by atomic mass is 9.45. The van der Waals surface area contributed by atoms with Gasteiger partial charge in [0.2, 0.25) is 0 Å². The number of allylic oxidation sites excluding steroid dienone is 2. The van der Waals surface area contributed by atoms with Gasteiger partial charge in [-0.3, -0.25) is 4.79 Å². The van der Waals surface area contributed by atoms with Gasteiger partial charge in [0, 0.05) is 71.0 Å². The minimum absolute atomic E-state index is 0.0422. The van der Waals surface area contributed by atoms with Crippen LogP contribution in [0, 0.1) is 28.6 Å². The van der Waals surface area contributed by atoms with Crippen LogP contribution in [0.25, 0.3) is 0 Å². The first-order valence-corrected chi connectivity index (χ1v) is 26.5. The van der Waals surface area contributed by atoms with Crippen LogP contribution >= 0.6 is 0 Å². The number of aliphatic hydroxyl groups is 2. The topological polar surface area (TPSA) is 195 Å². The first-order valence-electron chi connectivity index (χ1n) is 26.5. The van der Waals surface area contributed by atoms with E-state index in [1.807, 2.05) is 34.6 Å². The van der Waals surface area contributed by atoms with E-state index in [2.05, 4.69) is 13.0 Å². The number of carbonyl (C=O) groups is 2. The van der Waals surface area contributed by atoms with Gasteiger partial charge in [-0.05, 0) is 111 Å². The standard InChI is InChI=1S/C54H86O17/c1-14-27(2)51(57)68-42-22-37-36(54(58)20-18-35(28(3)55)53(42,54)9)16-15-33-21-34(17-19-52(33,37)8)67-43-24-39(60-11)48(30(5)64-43)70-45-26-41(62-13)50(32(7)66-45)71-46-25-40(61-12)49(31(6)65-46)69-44-23-38(59-10)47(56)29(4)63-44/h14-15,29-32,34-50,56,58H,16-26H2,1-13H3/b27-14+/t29?,30?,31?,32?,34-,35+,36?,37?,38?,39?,40?,41?,42+,43?,44?,45?,46?,47?,48?,49?,50?,52-,53?,54?/m0/s1. The second kappa shape index (κ2) is 22.3. The molecule has 0 spiro atoms. The van der Waals surface area contributed by atoms with Gasteiger partial charge in [0.05, 0.1) is 60.5 Å². The normalized spacial score (nSPS) is 49.3. The van der Waals surface area contributed by atoms with Gasteiger partial charge in [0.15, 0.2) is 25.2 Å². The lowest BCUT2D eigenvalue weighted by molar-refractivity contribution is -0.347. The van der Waals surface area contributed by atoms with E-state index in [0.717, 1.165) is 19.3 Å². The molecular weight excluding hydrogens is 921 g/mol. The fourth-order valence-corrected chi connectivity index (χ4v) is 14.4. The molecule has 17 heteroatoms. The van der Waals surface area contributed by atoms with Crippen molar-refractivity contribution in [3.8, 4) is 0 Å². The van der Waals surface area contributed by atoms with E-state index in [1.165, 1.54) is 5.57 Å². The van der Waals surface area contributed by atoms with Crippen LogP contribution in [0.1, 0.15) is 133 Å². The molecule has 4 aliphatic heterocycles. The fraction of sp³-hybridized carbons (Fsp3) is 0.889. The number of ketones is 1. The maximum absolute atomic E-state index is 13.4. The van der Waals surface area contributed by atoms with Crippen LogP contribution in [-0.2, 0) is 71.2 Å². The minimum atomic E-state index is -1.15. The predicted octanol–water partition coefficient (Wildman–Crippen LogP) is 6.26. The molecule has 4 saturated heterocycles. The van der Waals surface area contributed by atoms with Gasteiger partial charge in [-0.2, -0.15) is 0 Å². The van der Waals surface area contributed by atoms with E-state index in [1.54, 1.807) is 55.3 Å². The quantitative estimate of drug-likeness (QED) is 0.106. The van der Waals surface area contributed by atoms with Gasteiger partial charge in [0.25, 0.3) is 0 Å². The molecule has 0 aromatic carbocycles. The van der Waals surface area contributed by atoms with E-state index in [9.17, 15) is 19.8 Å². The summed E-state index contributed by atoms with van der Waals surface area (Å²) in [6.45, 7) is 17.1. The van der Waals surface area contributed by atoms with Gasteiger partial charge in [-0.15, -0.1) is 0 Å². The van der Waals surface area contributed by atoms with E-state index in [-0.39, 0.29) is 65.4 Å². The van der Waals surface area contributed by atoms with Crippen molar-refractivity contribution >= 4 is 11.8 Å². The Morgan fingerprint density at radius 3 is 1.62 bits per heavy atom. The van der Waals surface area contributed by atoms with E-state index < -0.39 is 91.1 Å². The van der Waals surface area contributed by atoms with Crippen LogP contribution in [0.2, 0.25) is 0 Å². The summed E-state index contributed by atoms with van der Waals surface area (Å²) in [5.41, 5.74) is -0.429. The zero-order valence-electron chi connectivity index (χ0n) is 44.6. The van der Waals surface area contributed by atoms with E-state index >= 15 is 0 Å². The summed E-state index contributed by atoms with van der Waals surface area (Å²) in [5.74, 6) is -0.718. The number of rotatable bonds is 15. The Kier molecular flexibility index (Phi) is 17.4. The van der Waals surface area contributed by atoms with Crippen LogP contribution in [0.5, 0.6) is 0 Å². The molecule has 8 rings (SSSR count). The Hall–Kier alpha value is -1.94. The highest BCUT2D eigenvalue weighted by Crippen LogP contribution is 2.68. The number of ether oxygens (including phenoxy) is 13. The second-order valence-electron chi connectivity index (χ2n) is 22.5. The average molecular weight is 1010 g/mol. The van der Waals surface area contributed by atoms with Crippen LogP contribution < -0.4 is 0 Å². The summed E-state index contributed by atoms with van der Waals surface area (Å²) in [5, 5.41) is 23.3. The third kappa shape index (κ3) is 10.5. The summed E-state index contributed by atoms with van der Waals surface area (Å²) < 4.78 is 81.8. The maximum Gasteiger partial charge on any atom is 0.333 e. The lowest BCUT2D eigenvalue weighted by Crippen LogP contribution is -2.66. The minimum Gasteiger partial charge on any atom is -0.458 e. The lowest BCUT2D eigenvalue weighted by Gasteiger charge is -2.63. The molecule has 7 fully saturated rings. The first kappa shape index (κ1) is 55.3. The number of Topliss-reactive ketones (excluding diaryl/α,β-unsaturated/α-hetero) is 1. The average Bonchev–Trinajstić information content (AvgIpc) is 3.63. The molecule has 0 bridgehead atoms. The van der Waals surface area contributed by atoms with Gasteiger partial charge in [0.1, 0.15) is 36.3 Å². The van der Waals surface area contributed by atoms with Crippen LogP contribution in [0.15, 0.2) is 23.3 Å². The molecule has 24 atom stereocenters. The van der Waals surface area contributed by atoms with Crippen molar-refractivity contribution in [1.29, 1.82) is 0 Å². The molecule has 0 aromatic heterocycles. The second-order valence-corrected chi connectivity index (χ2v) is 22.5. The molecule has 3 saturated carbocycles. The molecule has 0 amide bonds. The predicted molar refractivity (Wildman–Crippen MR) is 257 cm³/mol. The fourth-order valence-electron chi connectivity index (χ4n) is 14.4. The van der Waals surface area contributed by atoms with Crippen LogP contribution in [0.4, 0.5) is 0 Å². The maximum atomic E-state index is 13.4. The molecule has 8 aliphatic rings. The number of fused-ring (bicyclic) bond motifs is 5. The van der Waals surface area contributed by atoms with Crippen molar-refractivity contribution in [2.24, 2.45) is 28.6 Å². The highest BCUT2D eigenvalue weighted by atomic mass is 16.8. The number of esters is 1. The molecule has 4 heterocycles.